The van der Waals surface area contributed by atoms with Gasteiger partial charge in [0, 0.05) is 21.9 Å². The molecule has 0 amide bonds. The lowest BCUT2D eigenvalue weighted by Crippen LogP contribution is -2.22. The quantitative estimate of drug-likeness (QED) is 0.106. The predicted molar refractivity (Wildman–Crippen MR) is 176 cm³/mol. The maximum absolute atomic E-state index is 13.4. The van der Waals surface area contributed by atoms with Crippen LogP contribution in [-0.2, 0) is 20.7 Å². The molecule has 5 aromatic rings. The number of carbonyl (C=O) groups excluding carboxylic acids is 2. The Morgan fingerprint density at radius 3 is 2.20 bits per heavy atom. The van der Waals surface area contributed by atoms with E-state index >= 15 is 0 Å². The van der Waals surface area contributed by atoms with Gasteiger partial charge in [-0.15, -0.1) is 0 Å². The summed E-state index contributed by atoms with van der Waals surface area (Å²) >= 11 is 0. The van der Waals surface area contributed by atoms with Gasteiger partial charge in [-0.25, -0.2) is 9.59 Å². The van der Waals surface area contributed by atoms with Crippen molar-refractivity contribution in [1.82, 2.24) is 0 Å². The standard InChI is InChI=1S/C40H32O5/c1-27(2)39(41)43-21-22-44-40(42)33-16-10-9-15-32(33)38-34-19-17-30(23-28-11-5-3-6-12-28)25-36(34)45-37-26-31(18-20-35(37)38)24-29-13-7-4-8-14-29/h3-20,23,25-26H,1,21-22,24H2,2H3/b30-23+. The zero-order valence-electron chi connectivity index (χ0n) is 25.0. The second-order valence-electron chi connectivity index (χ2n) is 10.9. The lowest BCUT2D eigenvalue weighted by Gasteiger charge is -2.23. The van der Waals surface area contributed by atoms with Crippen LogP contribution in [0.5, 0.6) is 11.5 Å². The Labute approximate surface area is 262 Å². The molecule has 5 heteroatoms. The number of ether oxygens (including phenoxy) is 3. The number of rotatable bonds is 9. The molecule has 5 nitrogen and oxygen atoms in total. The van der Waals surface area contributed by atoms with Gasteiger partial charge in [-0.05, 0) is 71.2 Å². The van der Waals surface area contributed by atoms with Gasteiger partial charge in [0.25, 0.3) is 0 Å². The second-order valence-corrected chi connectivity index (χ2v) is 10.9. The van der Waals surface area contributed by atoms with Crippen molar-refractivity contribution in [2.24, 2.45) is 0 Å². The van der Waals surface area contributed by atoms with Crippen LogP contribution in [0.1, 0.15) is 45.1 Å². The van der Waals surface area contributed by atoms with E-state index in [1.165, 1.54) is 5.56 Å². The van der Waals surface area contributed by atoms with Crippen LogP contribution < -0.4 is 15.2 Å². The fraction of sp³-hybridized carbons (Fsp3) is 0.100. The van der Waals surface area contributed by atoms with E-state index in [2.05, 4.69) is 61.2 Å². The average Bonchev–Trinajstić information content (AvgIpc) is 3.06. The van der Waals surface area contributed by atoms with Crippen molar-refractivity contribution in [3.63, 3.8) is 0 Å². The van der Waals surface area contributed by atoms with E-state index in [-0.39, 0.29) is 18.8 Å². The molecule has 222 valence electrons. The van der Waals surface area contributed by atoms with Crippen molar-refractivity contribution in [2.75, 3.05) is 13.2 Å². The smallest absolute Gasteiger partial charge is 0.338 e. The van der Waals surface area contributed by atoms with E-state index < -0.39 is 11.9 Å². The molecule has 0 aliphatic carbocycles. The molecule has 1 aliphatic rings. The van der Waals surface area contributed by atoms with Gasteiger partial charge in [-0.2, -0.15) is 0 Å². The summed E-state index contributed by atoms with van der Waals surface area (Å²) in [7, 11) is 0. The summed E-state index contributed by atoms with van der Waals surface area (Å²) in [6.07, 6.45) is 2.87. The number of esters is 2. The van der Waals surface area contributed by atoms with E-state index in [1.807, 2.05) is 66.7 Å². The lowest BCUT2D eigenvalue weighted by atomic mass is 9.88. The van der Waals surface area contributed by atoms with Gasteiger partial charge in [0.15, 0.2) is 0 Å². The van der Waals surface area contributed by atoms with Gasteiger partial charge in [0.05, 0.1) is 5.56 Å². The number of fused-ring (bicyclic) bond motifs is 2. The normalized spacial score (nSPS) is 12.0. The van der Waals surface area contributed by atoms with E-state index in [4.69, 9.17) is 14.2 Å². The van der Waals surface area contributed by atoms with Gasteiger partial charge in [0.1, 0.15) is 24.7 Å². The Balaban J connectivity index is 1.42. The van der Waals surface area contributed by atoms with E-state index in [0.717, 1.165) is 50.4 Å². The Morgan fingerprint density at radius 2 is 1.42 bits per heavy atom. The first-order valence-electron chi connectivity index (χ1n) is 14.8. The first-order valence-corrected chi connectivity index (χ1v) is 14.8. The van der Waals surface area contributed by atoms with Crippen LogP contribution in [0.25, 0.3) is 11.6 Å². The van der Waals surface area contributed by atoms with Crippen LogP contribution in [0, 0.1) is 0 Å². The third-order valence-electron chi connectivity index (χ3n) is 7.51. The van der Waals surface area contributed by atoms with Crippen LogP contribution >= 0.6 is 0 Å². The Hall–Kier alpha value is -5.68. The SMILES string of the molecule is C=C(C)C(=O)OCCOC(=O)c1ccccc1C1=c2cc/c(=C\c3ccccc3)cc2Oc2cc(Cc3ccccc3)ccc21. The maximum atomic E-state index is 13.4. The number of hydrogen-bond donors (Lipinski definition) is 0. The molecule has 0 bridgehead atoms. The molecule has 0 saturated carbocycles. The largest absolute Gasteiger partial charge is 0.459 e. The summed E-state index contributed by atoms with van der Waals surface area (Å²) in [6, 6.07) is 40.2. The van der Waals surface area contributed by atoms with Crippen LogP contribution in [0.15, 0.2) is 133 Å². The number of carbonyl (C=O) groups is 2. The zero-order valence-corrected chi connectivity index (χ0v) is 25.0. The van der Waals surface area contributed by atoms with Gasteiger partial charge in [0.2, 0.25) is 0 Å². The highest BCUT2D eigenvalue weighted by Crippen LogP contribution is 2.38. The number of hydrogen-bond acceptors (Lipinski definition) is 5. The van der Waals surface area contributed by atoms with Crippen molar-refractivity contribution in [3.05, 3.63) is 177 Å². The summed E-state index contributed by atoms with van der Waals surface area (Å²) in [6.45, 7) is 5.01. The maximum Gasteiger partial charge on any atom is 0.338 e. The van der Waals surface area contributed by atoms with Crippen molar-refractivity contribution >= 4 is 23.6 Å². The molecule has 0 unspecified atom stereocenters. The second kappa shape index (κ2) is 13.3. The summed E-state index contributed by atoms with van der Waals surface area (Å²) in [4.78, 5) is 25.1. The fourth-order valence-corrected chi connectivity index (χ4v) is 5.36. The first kappa shape index (κ1) is 29.4. The van der Waals surface area contributed by atoms with Crippen LogP contribution in [0.4, 0.5) is 0 Å². The molecule has 0 aromatic heterocycles. The summed E-state index contributed by atoms with van der Waals surface area (Å²) in [5.41, 5.74) is 6.60. The summed E-state index contributed by atoms with van der Waals surface area (Å²) in [5, 5.41) is 1.87. The lowest BCUT2D eigenvalue weighted by molar-refractivity contribution is -0.140. The van der Waals surface area contributed by atoms with Crippen LogP contribution in [0.3, 0.4) is 0 Å². The molecule has 6 rings (SSSR count). The highest BCUT2D eigenvalue weighted by molar-refractivity contribution is 5.99. The van der Waals surface area contributed by atoms with E-state index in [0.29, 0.717) is 11.3 Å². The molecule has 0 radical (unpaired) electrons. The van der Waals surface area contributed by atoms with E-state index in [9.17, 15) is 9.59 Å². The van der Waals surface area contributed by atoms with Crippen molar-refractivity contribution in [2.45, 2.75) is 13.3 Å². The highest BCUT2D eigenvalue weighted by atomic mass is 16.6. The molecular formula is C40H32O5. The third kappa shape index (κ3) is 6.78. The topological polar surface area (TPSA) is 61.8 Å². The molecule has 0 atom stereocenters. The Morgan fingerprint density at radius 1 is 0.711 bits per heavy atom. The fourth-order valence-electron chi connectivity index (χ4n) is 5.36. The highest BCUT2D eigenvalue weighted by Gasteiger charge is 2.24. The summed E-state index contributed by atoms with van der Waals surface area (Å²) in [5.74, 6) is 0.397. The molecular weight excluding hydrogens is 560 g/mol. The molecule has 1 heterocycles. The Bertz CT molecular complexity index is 2010. The van der Waals surface area contributed by atoms with E-state index in [1.54, 1.807) is 13.0 Å². The zero-order chi connectivity index (χ0) is 31.2. The monoisotopic (exact) mass is 592 g/mol. The molecule has 0 fully saturated rings. The third-order valence-corrected chi connectivity index (χ3v) is 7.51. The molecule has 1 aliphatic heterocycles. The van der Waals surface area contributed by atoms with Crippen molar-refractivity contribution in [3.8, 4) is 11.5 Å². The van der Waals surface area contributed by atoms with Crippen LogP contribution in [0.2, 0.25) is 0 Å². The van der Waals surface area contributed by atoms with Crippen LogP contribution in [-0.4, -0.2) is 25.2 Å². The molecule has 0 spiro atoms. The number of benzene rings is 5. The van der Waals surface area contributed by atoms with Gasteiger partial charge >= 0.3 is 11.9 Å². The van der Waals surface area contributed by atoms with Crippen molar-refractivity contribution in [1.29, 1.82) is 0 Å². The minimum atomic E-state index is -0.520. The van der Waals surface area contributed by atoms with Gasteiger partial charge < -0.3 is 14.2 Å². The Kier molecular flexibility index (Phi) is 8.70. The van der Waals surface area contributed by atoms with Gasteiger partial charge in [-0.1, -0.05) is 104 Å². The molecule has 45 heavy (non-hydrogen) atoms. The predicted octanol–water partition coefficient (Wildman–Crippen LogP) is 6.74. The molecule has 5 aromatic carbocycles. The molecule has 0 N–H and O–H groups in total. The summed E-state index contributed by atoms with van der Waals surface area (Å²) < 4.78 is 17.2. The first-order chi connectivity index (χ1) is 22.0. The minimum Gasteiger partial charge on any atom is -0.459 e. The van der Waals surface area contributed by atoms with Crippen molar-refractivity contribution < 1.29 is 23.8 Å². The average molecular weight is 593 g/mol. The molecule has 0 saturated heterocycles. The minimum absolute atomic E-state index is 0.0550. The van der Waals surface area contributed by atoms with Gasteiger partial charge in [-0.3, -0.25) is 0 Å².